The highest BCUT2D eigenvalue weighted by molar-refractivity contribution is 7.13. The average molecular weight is 345 g/mol. The predicted octanol–water partition coefficient (Wildman–Crippen LogP) is 1.90. The fraction of sp³-hybridized carbons (Fsp3) is 0.412. The van der Waals surface area contributed by atoms with Crippen LogP contribution in [0.3, 0.4) is 0 Å². The number of hydrogen-bond donors (Lipinski definition) is 1. The summed E-state index contributed by atoms with van der Waals surface area (Å²) in [4.78, 5) is 19.1. The van der Waals surface area contributed by atoms with Gasteiger partial charge in [-0.2, -0.15) is 0 Å². The topological polar surface area (TPSA) is 63.7 Å². The van der Waals surface area contributed by atoms with Gasteiger partial charge in [-0.15, -0.1) is 11.3 Å². The molecular formula is C17H19N3O3S. The van der Waals surface area contributed by atoms with Gasteiger partial charge in [0.2, 0.25) is 12.7 Å². The molecule has 1 N–H and O–H groups in total. The Balaban J connectivity index is 1.47. The van der Waals surface area contributed by atoms with Gasteiger partial charge >= 0.3 is 0 Å². The van der Waals surface area contributed by atoms with Crippen LogP contribution in [0.25, 0.3) is 10.6 Å². The van der Waals surface area contributed by atoms with Gasteiger partial charge in [-0.1, -0.05) is 0 Å². The van der Waals surface area contributed by atoms with Crippen LogP contribution in [0.15, 0.2) is 23.6 Å². The summed E-state index contributed by atoms with van der Waals surface area (Å²) in [6.45, 7) is 4.81. The van der Waals surface area contributed by atoms with Crippen LogP contribution >= 0.6 is 11.3 Å². The highest BCUT2D eigenvalue weighted by Gasteiger charge is 2.23. The minimum Gasteiger partial charge on any atom is -0.454 e. The molecular weight excluding hydrogens is 326 g/mol. The first-order valence-corrected chi connectivity index (χ1v) is 8.93. The number of thiazole rings is 1. The first kappa shape index (κ1) is 15.4. The molecule has 1 amide bonds. The third-order valence-electron chi connectivity index (χ3n) is 4.33. The third kappa shape index (κ3) is 2.97. The van der Waals surface area contributed by atoms with Crippen LogP contribution in [0.1, 0.15) is 12.6 Å². The molecule has 0 unspecified atom stereocenters. The minimum absolute atomic E-state index is 0.145. The Morgan fingerprint density at radius 2 is 2.29 bits per heavy atom. The molecule has 1 fully saturated rings. The second-order valence-electron chi connectivity index (χ2n) is 6.03. The Labute approximate surface area is 144 Å². The smallest absolute Gasteiger partial charge is 0.231 e. The molecule has 24 heavy (non-hydrogen) atoms. The van der Waals surface area contributed by atoms with Gasteiger partial charge in [0.05, 0.1) is 12.1 Å². The molecule has 1 aromatic carbocycles. The minimum atomic E-state index is 0.145. The summed E-state index contributed by atoms with van der Waals surface area (Å²) < 4.78 is 10.7. The summed E-state index contributed by atoms with van der Waals surface area (Å²) in [6, 6.07) is 6.03. The summed E-state index contributed by atoms with van der Waals surface area (Å²) in [5.74, 6) is 1.65. The van der Waals surface area contributed by atoms with E-state index >= 15 is 0 Å². The Kier molecular flexibility index (Phi) is 4.12. The number of fused-ring (bicyclic) bond motifs is 1. The van der Waals surface area contributed by atoms with Crippen molar-refractivity contribution in [2.75, 3.05) is 26.4 Å². The predicted molar refractivity (Wildman–Crippen MR) is 91.4 cm³/mol. The molecule has 6 nitrogen and oxygen atoms in total. The van der Waals surface area contributed by atoms with E-state index < -0.39 is 0 Å². The number of piperazine rings is 1. The summed E-state index contributed by atoms with van der Waals surface area (Å²) in [5.41, 5.74) is 1.81. The number of carbonyl (C=O) groups is 1. The van der Waals surface area contributed by atoms with Crippen LogP contribution in [0.5, 0.6) is 11.5 Å². The van der Waals surface area contributed by atoms with E-state index in [2.05, 4.69) is 17.2 Å². The fourth-order valence-corrected chi connectivity index (χ4v) is 3.84. The highest BCUT2D eigenvalue weighted by atomic mass is 32.1. The molecule has 0 radical (unpaired) electrons. The lowest BCUT2D eigenvalue weighted by atomic mass is 10.2. The molecule has 3 heterocycles. The van der Waals surface area contributed by atoms with Crippen molar-refractivity contribution in [3.63, 3.8) is 0 Å². The largest absolute Gasteiger partial charge is 0.454 e. The van der Waals surface area contributed by atoms with Crippen molar-refractivity contribution in [3.05, 3.63) is 29.3 Å². The number of carbonyl (C=O) groups excluding carboxylic acids is 1. The van der Waals surface area contributed by atoms with E-state index in [1.54, 1.807) is 11.3 Å². The Hall–Kier alpha value is -2.12. The Bertz CT molecular complexity index is 761. The number of ether oxygens (including phenoxy) is 2. The summed E-state index contributed by atoms with van der Waals surface area (Å²) in [5, 5.41) is 6.16. The van der Waals surface area contributed by atoms with E-state index in [0.717, 1.165) is 47.4 Å². The number of nitrogens with one attached hydrogen (secondary N) is 1. The number of rotatable bonds is 3. The molecule has 4 rings (SSSR count). The van der Waals surface area contributed by atoms with E-state index in [9.17, 15) is 4.79 Å². The monoisotopic (exact) mass is 345 g/mol. The SMILES string of the molecule is C[C@@H]1CNCCN1C(=O)Cc1csc(-c2ccc3c(c2)OCO3)n1. The summed E-state index contributed by atoms with van der Waals surface area (Å²) in [6.07, 6.45) is 0.353. The van der Waals surface area contributed by atoms with E-state index in [-0.39, 0.29) is 18.7 Å². The molecule has 0 bridgehead atoms. The van der Waals surface area contributed by atoms with E-state index in [1.807, 2.05) is 28.5 Å². The molecule has 1 saturated heterocycles. The van der Waals surface area contributed by atoms with Crippen LogP contribution in [-0.4, -0.2) is 48.3 Å². The molecule has 7 heteroatoms. The van der Waals surface area contributed by atoms with E-state index in [4.69, 9.17) is 9.47 Å². The first-order chi connectivity index (χ1) is 11.7. The van der Waals surface area contributed by atoms with Crippen molar-refractivity contribution < 1.29 is 14.3 Å². The summed E-state index contributed by atoms with van der Waals surface area (Å²) >= 11 is 1.55. The molecule has 0 spiro atoms. The maximum absolute atomic E-state index is 12.5. The standard InChI is InChI=1S/C17H19N3O3S/c1-11-8-18-4-5-20(11)16(21)7-13-9-24-17(19-13)12-2-3-14-15(6-12)23-10-22-14/h2-3,6,9,11,18H,4-5,7-8,10H2,1H3/t11-/m1/s1. The zero-order chi connectivity index (χ0) is 16.5. The van der Waals surface area contributed by atoms with Crippen LogP contribution in [0, 0.1) is 0 Å². The van der Waals surface area contributed by atoms with Crippen molar-refractivity contribution in [1.82, 2.24) is 15.2 Å². The lowest BCUT2D eigenvalue weighted by Gasteiger charge is -2.33. The van der Waals surface area contributed by atoms with Crippen molar-refractivity contribution in [2.24, 2.45) is 0 Å². The molecule has 0 saturated carbocycles. The molecule has 1 atom stereocenters. The maximum atomic E-state index is 12.5. The Morgan fingerprint density at radius 1 is 1.42 bits per heavy atom. The van der Waals surface area contributed by atoms with E-state index in [1.165, 1.54) is 0 Å². The lowest BCUT2D eigenvalue weighted by molar-refractivity contribution is -0.133. The third-order valence-corrected chi connectivity index (χ3v) is 5.27. The fourth-order valence-electron chi connectivity index (χ4n) is 3.02. The molecule has 126 valence electrons. The van der Waals surface area contributed by atoms with Gasteiger partial charge in [0, 0.05) is 36.6 Å². The Morgan fingerprint density at radius 3 is 3.17 bits per heavy atom. The van der Waals surface area contributed by atoms with Crippen molar-refractivity contribution in [3.8, 4) is 22.1 Å². The molecule has 1 aromatic heterocycles. The highest BCUT2D eigenvalue weighted by Crippen LogP contribution is 2.36. The molecule has 2 aromatic rings. The van der Waals surface area contributed by atoms with Crippen molar-refractivity contribution in [1.29, 1.82) is 0 Å². The summed E-state index contributed by atoms with van der Waals surface area (Å²) in [7, 11) is 0. The molecule has 2 aliphatic heterocycles. The van der Waals surface area contributed by atoms with Gasteiger partial charge in [0.25, 0.3) is 0 Å². The van der Waals surface area contributed by atoms with Gasteiger partial charge in [-0.05, 0) is 25.1 Å². The van der Waals surface area contributed by atoms with Crippen molar-refractivity contribution >= 4 is 17.2 Å². The van der Waals surface area contributed by atoms with Gasteiger partial charge in [0.15, 0.2) is 11.5 Å². The van der Waals surface area contributed by atoms with Crippen molar-refractivity contribution in [2.45, 2.75) is 19.4 Å². The van der Waals surface area contributed by atoms with Crippen LogP contribution in [0.2, 0.25) is 0 Å². The van der Waals surface area contributed by atoms with Crippen LogP contribution in [-0.2, 0) is 11.2 Å². The normalized spacial score (nSPS) is 19.5. The number of benzene rings is 1. The maximum Gasteiger partial charge on any atom is 0.231 e. The zero-order valence-electron chi connectivity index (χ0n) is 13.4. The van der Waals surface area contributed by atoms with Crippen LogP contribution in [0.4, 0.5) is 0 Å². The lowest BCUT2D eigenvalue weighted by Crippen LogP contribution is -2.52. The van der Waals surface area contributed by atoms with Gasteiger partial charge in [-0.3, -0.25) is 4.79 Å². The van der Waals surface area contributed by atoms with Gasteiger partial charge in [-0.25, -0.2) is 4.98 Å². The quantitative estimate of drug-likeness (QED) is 0.921. The van der Waals surface area contributed by atoms with E-state index in [0.29, 0.717) is 6.42 Å². The number of hydrogen-bond acceptors (Lipinski definition) is 6. The first-order valence-electron chi connectivity index (χ1n) is 8.05. The van der Waals surface area contributed by atoms with Crippen LogP contribution < -0.4 is 14.8 Å². The zero-order valence-corrected chi connectivity index (χ0v) is 14.3. The van der Waals surface area contributed by atoms with Gasteiger partial charge in [0.1, 0.15) is 5.01 Å². The second kappa shape index (κ2) is 6.41. The number of aromatic nitrogens is 1. The molecule has 2 aliphatic rings. The number of amides is 1. The molecule has 0 aliphatic carbocycles. The second-order valence-corrected chi connectivity index (χ2v) is 6.89. The average Bonchev–Trinajstić information content (AvgIpc) is 3.23. The van der Waals surface area contributed by atoms with Gasteiger partial charge < -0.3 is 19.7 Å². The number of nitrogens with zero attached hydrogens (tertiary/aromatic N) is 2.